The highest BCUT2D eigenvalue weighted by Crippen LogP contribution is 2.26. The van der Waals surface area contributed by atoms with E-state index < -0.39 is 0 Å². The van der Waals surface area contributed by atoms with Crippen LogP contribution in [0, 0.1) is 5.92 Å². The van der Waals surface area contributed by atoms with Crippen molar-refractivity contribution in [1.29, 1.82) is 0 Å². The molecule has 0 bridgehead atoms. The van der Waals surface area contributed by atoms with Crippen LogP contribution >= 0.6 is 0 Å². The predicted octanol–water partition coefficient (Wildman–Crippen LogP) is 3.24. The summed E-state index contributed by atoms with van der Waals surface area (Å²) in [6.07, 6.45) is 0.643. The first kappa shape index (κ1) is 15.7. The maximum absolute atomic E-state index is 6.14. The van der Waals surface area contributed by atoms with E-state index in [1.807, 2.05) is 37.3 Å². The van der Waals surface area contributed by atoms with Gasteiger partial charge in [-0.2, -0.15) is 4.98 Å². The Bertz CT molecular complexity index is 541. The summed E-state index contributed by atoms with van der Waals surface area (Å²) in [5, 5.41) is 4.06. The molecule has 0 saturated carbocycles. The SMILES string of the molecule is CCOC(c1ccccc1)c1noc(C(N)C(C)CC)n1. The summed E-state index contributed by atoms with van der Waals surface area (Å²) in [4.78, 5) is 4.45. The molecule has 0 saturated heterocycles. The second-order valence-electron chi connectivity index (χ2n) is 5.15. The van der Waals surface area contributed by atoms with Gasteiger partial charge >= 0.3 is 0 Å². The highest BCUT2D eigenvalue weighted by Gasteiger charge is 2.24. The number of hydrogen-bond acceptors (Lipinski definition) is 5. The van der Waals surface area contributed by atoms with Gasteiger partial charge in [0.15, 0.2) is 0 Å². The molecule has 3 unspecified atom stereocenters. The molecule has 1 aromatic heterocycles. The van der Waals surface area contributed by atoms with Gasteiger partial charge in [0.05, 0.1) is 6.04 Å². The molecule has 114 valence electrons. The van der Waals surface area contributed by atoms with E-state index in [1.165, 1.54) is 0 Å². The molecule has 0 amide bonds. The van der Waals surface area contributed by atoms with Gasteiger partial charge in [0.2, 0.25) is 11.7 Å². The lowest BCUT2D eigenvalue weighted by molar-refractivity contribution is 0.0833. The second kappa shape index (κ2) is 7.33. The molecule has 0 radical (unpaired) electrons. The van der Waals surface area contributed by atoms with Crippen molar-refractivity contribution >= 4 is 0 Å². The Morgan fingerprint density at radius 2 is 1.95 bits per heavy atom. The standard InChI is InChI=1S/C16H23N3O2/c1-4-11(3)13(17)16-18-15(19-21-16)14(20-5-2)12-9-7-6-8-10-12/h6-11,13-14H,4-5,17H2,1-3H3. The molecule has 2 aromatic rings. The van der Waals surface area contributed by atoms with Gasteiger partial charge in [-0.25, -0.2) is 0 Å². The number of rotatable bonds is 7. The van der Waals surface area contributed by atoms with Crippen LogP contribution in [0.1, 0.15) is 56.6 Å². The van der Waals surface area contributed by atoms with Gasteiger partial charge in [-0.05, 0) is 18.4 Å². The van der Waals surface area contributed by atoms with Crippen molar-refractivity contribution in [1.82, 2.24) is 10.1 Å². The van der Waals surface area contributed by atoms with E-state index in [-0.39, 0.29) is 12.1 Å². The van der Waals surface area contributed by atoms with Gasteiger partial charge in [0.1, 0.15) is 6.10 Å². The van der Waals surface area contributed by atoms with Crippen LogP contribution in [0.4, 0.5) is 0 Å². The van der Waals surface area contributed by atoms with Crippen LogP contribution in [0.2, 0.25) is 0 Å². The summed E-state index contributed by atoms with van der Waals surface area (Å²) in [6.45, 7) is 6.68. The minimum Gasteiger partial charge on any atom is -0.366 e. The first-order chi connectivity index (χ1) is 10.2. The van der Waals surface area contributed by atoms with E-state index in [4.69, 9.17) is 15.0 Å². The molecule has 0 aliphatic carbocycles. The molecule has 0 aliphatic heterocycles. The Hall–Kier alpha value is -1.72. The maximum atomic E-state index is 6.14. The predicted molar refractivity (Wildman–Crippen MR) is 80.6 cm³/mol. The molecule has 0 fully saturated rings. The third-order valence-corrected chi connectivity index (χ3v) is 3.67. The van der Waals surface area contributed by atoms with Crippen molar-refractivity contribution in [2.75, 3.05) is 6.61 Å². The van der Waals surface area contributed by atoms with Gasteiger partial charge in [-0.1, -0.05) is 55.8 Å². The zero-order valence-electron chi connectivity index (χ0n) is 12.8. The van der Waals surface area contributed by atoms with Crippen LogP contribution < -0.4 is 5.73 Å². The average Bonchev–Trinajstić information content (AvgIpc) is 3.01. The third-order valence-electron chi connectivity index (χ3n) is 3.67. The Morgan fingerprint density at radius 3 is 2.57 bits per heavy atom. The summed E-state index contributed by atoms with van der Waals surface area (Å²) in [7, 11) is 0. The summed E-state index contributed by atoms with van der Waals surface area (Å²) < 4.78 is 11.1. The fraction of sp³-hybridized carbons (Fsp3) is 0.500. The molecule has 2 rings (SSSR count). The zero-order chi connectivity index (χ0) is 15.2. The summed E-state index contributed by atoms with van der Waals surface area (Å²) >= 11 is 0. The van der Waals surface area contributed by atoms with Gasteiger partial charge in [-0.15, -0.1) is 0 Å². The van der Waals surface area contributed by atoms with Gasteiger partial charge in [0.25, 0.3) is 0 Å². The van der Waals surface area contributed by atoms with Crippen LogP contribution in [0.25, 0.3) is 0 Å². The van der Waals surface area contributed by atoms with E-state index in [9.17, 15) is 0 Å². The minimum absolute atomic E-state index is 0.241. The maximum Gasteiger partial charge on any atom is 0.243 e. The monoisotopic (exact) mass is 289 g/mol. The van der Waals surface area contributed by atoms with Crippen LogP contribution in [0.3, 0.4) is 0 Å². The molecule has 1 heterocycles. The Kier molecular flexibility index (Phi) is 5.47. The molecule has 3 atom stereocenters. The number of nitrogens with two attached hydrogens (primary N) is 1. The van der Waals surface area contributed by atoms with Gasteiger partial charge in [-0.3, -0.25) is 0 Å². The topological polar surface area (TPSA) is 74.2 Å². The van der Waals surface area contributed by atoms with E-state index >= 15 is 0 Å². The largest absolute Gasteiger partial charge is 0.366 e. The van der Waals surface area contributed by atoms with Crippen LogP contribution in [-0.4, -0.2) is 16.7 Å². The number of hydrogen-bond donors (Lipinski definition) is 1. The smallest absolute Gasteiger partial charge is 0.243 e. The molecular weight excluding hydrogens is 266 g/mol. The third kappa shape index (κ3) is 3.68. The molecule has 0 aliphatic rings. The first-order valence-corrected chi connectivity index (χ1v) is 7.43. The van der Waals surface area contributed by atoms with Crippen molar-refractivity contribution in [2.45, 2.75) is 39.3 Å². The molecule has 2 N–H and O–H groups in total. The lowest BCUT2D eigenvalue weighted by atomic mass is 10.0. The lowest BCUT2D eigenvalue weighted by Gasteiger charge is -2.14. The second-order valence-corrected chi connectivity index (χ2v) is 5.15. The lowest BCUT2D eigenvalue weighted by Crippen LogP contribution is -2.19. The summed E-state index contributed by atoms with van der Waals surface area (Å²) in [5.74, 6) is 1.29. The quantitative estimate of drug-likeness (QED) is 0.847. The van der Waals surface area contributed by atoms with E-state index in [1.54, 1.807) is 0 Å². The summed E-state index contributed by atoms with van der Waals surface area (Å²) in [5.41, 5.74) is 7.14. The highest BCUT2D eigenvalue weighted by molar-refractivity contribution is 5.22. The molecule has 0 spiro atoms. The Labute approximate surface area is 125 Å². The fourth-order valence-corrected chi connectivity index (χ4v) is 2.10. The van der Waals surface area contributed by atoms with E-state index in [0.29, 0.717) is 24.2 Å². The first-order valence-electron chi connectivity index (χ1n) is 7.43. The van der Waals surface area contributed by atoms with Gasteiger partial charge < -0.3 is 15.0 Å². The van der Waals surface area contributed by atoms with Gasteiger partial charge in [0, 0.05) is 6.61 Å². The number of nitrogens with zero attached hydrogens (tertiary/aromatic N) is 2. The van der Waals surface area contributed by atoms with Crippen LogP contribution in [0.5, 0.6) is 0 Å². The van der Waals surface area contributed by atoms with E-state index in [2.05, 4.69) is 24.0 Å². The normalized spacial score (nSPS) is 15.6. The van der Waals surface area contributed by atoms with Crippen LogP contribution in [-0.2, 0) is 4.74 Å². The Balaban J connectivity index is 2.24. The molecule has 21 heavy (non-hydrogen) atoms. The Morgan fingerprint density at radius 1 is 1.24 bits per heavy atom. The highest BCUT2D eigenvalue weighted by atomic mass is 16.5. The molecule has 5 nitrogen and oxygen atoms in total. The number of ether oxygens (including phenoxy) is 1. The molecular formula is C16H23N3O2. The van der Waals surface area contributed by atoms with Crippen molar-refractivity contribution in [3.05, 3.63) is 47.6 Å². The van der Waals surface area contributed by atoms with Crippen molar-refractivity contribution in [2.24, 2.45) is 11.7 Å². The minimum atomic E-state index is -0.321. The summed E-state index contributed by atoms with van der Waals surface area (Å²) in [6, 6.07) is 9.64. The number of aromatic nitrogens is 2. The molecule has 5 heteroatoms. The van der Waals surface area contributed by atoms with Crippen molar-refractivity contribution < 1.29 is 9.26 Å². The average molecular weight is 289 g/mol. The fourth-order valence-electron chi connectivity index (χ4n) is 2.10. The zero-order valence-corrected chi connectivity index (χ0v) is 12.8. The molecule has 1 aromatic carbocycles. The number of benzene rings is 1. The van der Waals surface area contributed by atoms with Crippen LogP contribution in [0.15, 0.2) is 34.9 Å². The van der Waals surface area contributed by atoms with Crippen molar-refractivity contribution in [3.8, 4) is 0 Å². The van der Waals surface area contributed by atoms with E-state index in [0.717, 1.165) is 12.0 Å². The van der Waals surface area contributed by atoms with Crippen molar-refractivity contribution in [3.63, 3.8) is 0 Å².